The third-order valence-electron chi connectivity index (χ3n) is 2.40. The molecule has 0 radical (unpaired) electrons. The maximum Gasteiger partial charge on any atom is 0.251 e. The first-order valence-corrected chi connectivity index (χ1v) is 6.16. The molecule has 94 valence electrons. The summed E-state index contributed by atoms with van der Waals surface area (Å²) in [6, 6.07) is 6.62. The Morgan fingerprint density at radius 1 is 1.22 bits per heavy atom. The maximum absolute atomic E-state index is 11.8. The fourth-order valence-corrected chi connectivity index (χ4v) is 2.07. The standard InChI is InChI=1S/C13H11Cl2NO2/c14-11-5-10(6-12(15)7-11)13(17)16-3-1-9-2-4-18-8-9/h2,4-8H,1,3H2,(H,16,17). The lowest BCUT2D eigenvalue weighted by molar-refractivity contribution is 0.0954. The van der Waals surface area contributed by atoms with Crippen molar-refractivity contribution in [3.8, 4) is 0 Å². The van der Waals surface area contributed by atoms with Gasteiger partial charge in [0.1, 0.15) is 0 Å². The molecule has 1 heterocycles. The maximum atomic E-state index is 11.8. The van der Waals surface area contributed by atoms with Gasteiger partial charge in [0.05, 0.1) is 12.5 Å². The van der Waals surface area contributed by atoms with E-state index in [0.717, 1.165) is 12.0 Å². The first kappa shape index (κ1) is 13.0. The van der Waals surface area contributed by atoms with E-state index in [-0.39, 0.29) is 5.91 Å². The van der Waals surface area contributed by atoms with Gasteiger partial charge in [-0.2, -0.15) is 0 Å². The second-order valence-electron chi connectivity index (χ2n) is 3.80. The van der Waals surface area contributed by atoms with Crippen molar-refractivity contribution in [1.29, 1.82) is 0 Å². The Kier molecular flexibility index (Phi) is 4.28. The first-order valence-electron chi connectivity index (χ1n) is 5.40. The molecule has 0 fully saturated rings. The lowest BCUT2D eigenvalue weighted by Gasteiger charge is -2.05. The second kappa shape index (κ2) is 5.94. The Morgan fingerprint density at radius 3 is 2.56 bits per heavy atom. The number of hydrogen-bond donors (Lipinski definition) is 1. The van der Waals surface area contributed by atoms with Crippen LogP contribution in [0.5, 0.6) is 0 Å². The van der Waals surface area contributed by atoms with Crippen LogP contribution >= 0.6 is 23.2 Å². The van der Waals surface area contributed by atoms with Crippen molar-refractivity contribution in [1.82, 2.24) is 5.32 Å². The van der Waals surface area contributed by atoms with Crippen LogP contribution in [0, 0.1) is 0 Å². The largest absolute Gasteiger partial charge is 0.472 e. The van der Waals surface area contributed by atoms with Crippen LogP contribution in [0.3, 0.4) is 0 Å². The molecule has 1 N–H and O–H groups in total. The number of furan rings is 1. The number of hydrogen-bond acceptors (Lipinski definition) is 2. The van der Waals surface area contributed by atoms with Gasteiger partial charge < -0.3 is 9.73 Å². The predicted octanol–water partition coefficient (Wildman–Crippen LogP) is 3.56. The van der Waals surface area contributed by atoms with E-state index in [1.165, 1.54) is 0 Å². The highest BCUT2D eigenvalue weighted by atomic mass is 35.5. The lowest BCUT2D eigenvalue weighted by Crippen LogP contribution is -2.25. The molecule has 0 aliphatic heterocycles. The molecule has 2 rings (SSSR count). The molecule has 0 unspecified atom stereocenters. The van der Waals surface area contributed by atoms with Crippen molar-refractivity contribution in [2.45, 2.75) is 6.42 Å². The van der Waals surface area contributed by atoms with Crippen LogP contribution in [0.25, 0.3) is 0 Å². The molecule has 1 amide bonds. The van der Waals surface area contributed by atoms with Crippen LogP contribution < -0.4 is 5.32 Å². The van der Waals surface area contributed by atoms with E-state index >= 15 is 0 Å². The SMILES string of the molecule is O=C(NCCc1ccoc1)c1cc(Cl)cc(Cl)c1. The molecule has 0 aliphatic rings. The van der Waals surface area contributed by atoms with E-state index in [9.17, 15) is 4.79 Å². The van der Waals surface area contributed by atoms with Gasteiger partial charge in [-0.1, -0.05) is 23.2 Å². The average molecular weight is 284 g/mol. The second-order valence-corrected chi connectivity index (χ2v) is 4.67. The molecule has 1 aromatic carbocycles. The molecule has 0 aliphatic carbocycles. The molecule has 3 nitrogen and oxygen atoms in total. The predicted molar refractivity (Wildman–Crippen MR) is 71.2 cm³/mol. The number of carbonyl (C=O) groups excluding carboxylic acids is 1. The van der Waals surface area contributed by atoms with Crippen molar-refractivity contribution in [3.05, 3.63) is 58.0 Å². The van der Waals surface area contributed by atoms with Crippen molar-refractivity contribution in [2.24, 2.45) is 0 Å². The minimum Gasteiger partial charge on any atom is -0.472 e. The summed E-state index contributed by atoms with van der Waals surface area (Å²) in [7, 11) is 0. The Balaban J connectivity index is 1.91. The molecule has 18 heavy (non-hydrogen) atoms. The van der Waals surface area contributed by atoms with Crippen molar-refractivity contribution in [2.75, 3.05) is 6.54 Å². The summed E-state index contributed by atoms with van der Waals surface area (Å²) in [5.41, 5.74) is 1.50. The van der Waals surface area contributed by atoms with E-state index in [4.69, 9.17) is 27.6 Å². The molecule has 0 spiro atoms. The monoisotopic (exact) mass is 283 g/mol. The van der Waals surface area contributed by atoms with Gasteiger partial charge in [0, 0.05) is 22.2 Å². The lowest BCUT2D eigenvalue weighted by atomic mass is 10.2. The first-order chi connectivity index (χ1) is 8.65. The zero-order valence-corrected chi connectivity index (χ0v) is 11.0. The average Bonchev–Trinajstić information content (AvgIpc) is 2.80. The molecule has 0 saturated carbocycles. The number of benzene rings is 1. The third-order valence-corrected chi connectivity index (χ3v) is 2.84. The van der Waals surface area contributed by atoms with Gasteiger partial charge >= 0.3 is 0 Å². The van der Waals surface area contributed by atoms with Gasteiger partial charge in [-0.05, 0) is 36.2 Å². The van der Waals surface area contributed by atoms with Crippen molar-refractivity contribution in [3.63, 3.8) is 0 Å². The van der Waals surface area contributed by atoms with E-state index in [2.05, 4.69) is 5.32 Å². The third kappa shape index (κ3) is 3.52. The molecule has 2 aromatic rings. The Bertz CT molecular complexity index is 518. The summed E-state index contributed by atoms with van der Waals surface area (Å²) >= 11 is 11.7. The molecule has 0 atom stereocenters. The van der Waals surface area contributed by atoms with Gasteiger partial charge in [-0.3, -0.25) is 4.79 Å². The topological polar surface area (TPSA) is 42.2 Å². The summed E-state index contributed by atoms with van der Waals surface area (Å²) in [5, 5.41) is 3.69. The Hall–Kier alpha value is -1.45. The molecular formula is C13H11Cl2NO2. The number of nitrogens with one attached hydrogen (secondary N) is 1. The van der Waals surface area contributed by atoms with Crippen LogP contribution in [0.2, 0.25) is 10.0 Å². The van der Waals surface area contributed by atoms with Gasteiger partial charge in [0.2, 0.25) is 0 Å². The van der Waals surface area contributed by atoms with Gasteiger partial charge in [-0.15, -0.1) is 0 Å². The summed E-state index contributed by atoms with van der Waals surface area (Å²) in [6.07, 6.45) is 3.98. The minimum absolute atomic E-state index is 0.192. The van der Waals surface area contributed by atoms with Crippen molar-refractivity contribution >= 4 is 29.1 Å². The van der Waals surface area contributed by atoms with Crippen LogP contribution in [0.15, 0.2) is 41.2 Å². The Morgan fingerprint density at radius 2 is 1.94 bits per heavy atom. The highest BCUT2D eigenvalue weighted by molar-refractivity contribution is 6.35. The number of amides is 1. The number of halogens is 2. The van der Waals surface area contributed by atoms with Gasteiger partial charge in [-0.25, -0.2) is 0 Å². The molecule has 0 bridgehead atoms. The van der Waals surface area contributed by atoms with E-state index in [1.807, 2.05) is 6.07 Å². The minimum atomic E-state index is -0.192. The molecule has 1 aromatic heterocycles. The fourth-order valence-electron chi connectivity index (χ4n) is 1.54. The van der Waals surface area contributed by atoms with E-state index in [0.29, 0.717) is 22.2 Å². The smallest absolute Gasteiger partial charge is 0.251 e. The summed E-state index contributed by atoms with van der Waals surface area (Å²) in [5.74, 6) is -0.192. The number of rotatable bonds is 4. The van der Waals surface area contributed by atoms with E-state index < -0.39 is 0 Å². The summed E-state index contributed by atoms with van der Waals surface area (Å²) in [6.45, 7) is 0.530. The highest BCUT2D eigenvalue weighted by Gasteiger charge is 2.07. The van der Waals surface area contributed by atoms with Gasteiger partial charge in [0.25, 0.3) is 5.91 Å². The molecule has 0 saturated heterocycles. The highest BCUT2D eigenvalue weighted by Crippen LogP contribution is 2.18. The van der Waals surface area contributed by atoms with Crippen LogP contribution in [0.1, 0.15) is 15.9 Å². The van der Waals surface area contributed by atoms with Crippen LogP contribution in [0.4, 0.5) is 0 Å². The summed E-state index contributed by atoms with van der Waals surface area (Å²) in [4.78, 5) is 11.8. The van der Waals surface area contributed by atoms with Crippen LogP contribution in [-0.4, -0.2) is 12.5 Å². The molecule has 5 heteroatoms. The van der Waals surface area contributed by atoms with Gasteiger partial charge in [0.15, 0.2) is 0 Å². The number of carbonyl (C=O) groups is 1. The summed E-state index contributed by atoms with van der Waals surface area (Å²) < 4.78 is 4.94. The molecular weight excluding hydrogens is 273 g/mol. The fraction of sp³-hybridized carbons (Fsp3) is 0.154. The zero-order valence-electron chi connectivity index (χ0n) is 9.45. The Labute approximate surface area is 115 Å². The van der Waals surface area contributed by atoms with E-state index in [1.54, 1.807) is 30.7 Å². The van der Waals surface area contributed by atoms with Crippen molar-refractivity contribution < 1.29 is 9.21 Å². The normalized spacial score (nSPS) is 10.3. The van der Waals surface area contributed by atoms with Crippen LogP contribution in [-0.2, 0) is 6.42 Å². The quantitative estimate of drug-likeness (QED) is 0.932. The zero-order chi connectivity index (χ0) is 13.0.